The minimum Gasteiger partial charge on any atom is -0.379 e. The van der Waals surface area contributed by atoms with Gasteiger partial charge in [-0.2, -0.15) is 12.7 Å². The summed E-state index contributed by atoms with van der Waals surface area (Å²) in [6.45, 7) is 4.37. The predicted octanol–water partition coefficient (Wildman–Crippen LogP) is 0.549. The number of hydrogen-bond acceptors (Lipinski definition) is 4. The van der Waals surface area contributed by atoms with Crippen molar-refractivity contribution in [3.05, 3.63) is 29.8 Å². The second-order valence-corrected chi connectivity index (χ2v) is 6.41. The highest BCUT2D eigenvalue weighted by Crippen LogP contribution is 2.21. The van der Waals surface area contributed by atoms with Crippen molar-refractivity contribution in [3.63, 3.8) is 0 Å². The molecule has 20 heavy (non-hydrogen) atoms. The molecule has 0 atom stereocenters. The Labute approximate surface area is 120 Å². The number of hydrogen-bond donors (Lipinski definition) is 1. The molecule has 0 bridgehead atoms. The van der Waals surface area contributed by atoms with Crippen molar-refractivity contribution < 1.29 is 13.2 Å². The molecule has 7 heteroatoms. The van der Waals surface area contributed by atoms with Crippen molar-refractivity contribution in [1.29, 1.82) is 0 Å². The third kappa shape index (κ3) is 3.12. The highest BCUT2D eigenvalue weighted by atomic mass is 32.2. The van der Waals surface area contributed by atoms with E-state index in [4.69, 9.17) is 10.5 Å². The Morgan fingerprint density at radius 1 is 1.25 bits per heavy atom. The average Bonchev–Trinajstić information content (AvgIpc) is 2.49. The van der Waals surface area contributed by atoms with Crippen LogP contribution >= 0.6 is 0 Å². The molecule has 0 unspecified atom stereocenters. The second-order valence-electron chi connectivity index (χ2n) is 4.55. The van der Waals surface area contributed by atoms with E-state index in [1.807, 2.05) is 19.1 Å². The van der Waals surface area contributed by atoms with Crippen LogP contribution in [-0.4, -0.2) is 45.6 Å². The fourth-order valence-electron chi connectivity index (χ4n) is 2.19. The van der Waals surface area contributed by atoms with E-state index in [1.54, 1.807) is 12.1 Å². The topological polar surface area (TPSA) is 75.9 Å². The van der Waals surface area contributed by atoms with Crippen molar-refractivity contribution >= 4 is 15.9 Å². The molecule has 1 heterocycles. The van der Waals surface area contributed by atoms with E-state index in [-0.39, 0.29) is 0 Å². The summed E-state index contributed by atoms with van der Waals surface area (Å²) < 4.78 is 33.4. The molecule has 0 radical (unpaired) electrons. The van der Waals surface area contributed by atoms with Crippen LogP contribution in [0.25, 0.3) is 0 Å². The molecule has 1 aromatic rings. The monoisotopic (exact) mass is 299 g/mol. The van der Waals surface area contributed by atoms with Gasteiger partial charge in [0.2, 0.25) is 0 Å². The molecule has 2 N–H and O–H groups in total. The van der Waals surface area contributed by atoms with Crippen LogP contribution < -0.4 is 10.0 Å². The van der Waals surface area contributed by atoms with Crippen molar-refractivity contribution in [2.24, 2.45) is 5.73 Å². The minimum absolute atomic E-state index is 0.391. The minimum atomic E-state index is -3.49. The first-order valence-electron chi connectivity index (χ1n) is 6.74. The van der Waals surface area contributed by atoms with Gasteiger partial charge in [-0.25, -0.2) is 0 Å². The first kappa shape index (κ1) is 15.2. The van der Waals surface area contributed by atoms with Gasteiger partial charge in [0.1, 0.15) is 0 Å². The van der Waals surface area contributed by atoms with E-state index < -0.39 is 10.2 Å². The van der Waals surface area contributed by atoms with E-state index in [0.717, 1.165) is 5.56 Å². The largest absolute Gasteiger partial charge is 0.379 e. The van der Waals surface area contributed by atoms with E-state index in [1.165, 1.54) is 8.61 Å². The lowest BCUT2D eigenvalue weighted by atomic mass is 10.2. The van der Waals surface area contributed by atoms with Gasteiger partial charge < -0.3 is 10.5 Å². The first-order valence-corrected chi connectivity index (χ1v) is 8.14. The molecule has 0 amide bonds. The highest BCUT2D eigenvalue weighted by Gasteiger charge is 2.30. The van der Waals surface area contributed by atoms with Crippen molar-refractivity contribution in [3.8, 4) is 0 Å². The third-order valence-corrected chi connectivity index (χ3v) is 5.37. The Morgan fingerprint density at radius 3 is 2.35 bits per heavy atom. The lowest BCUT2D eigenvalue weighted by Gasteiger charge is -2.32. The summed E-state index contributed by atoms with van der Waals surface area (Å²) >= 11 is 0. The van der Waals surface area contributed by atoms with Crippen LogP contribution in [-0.2, 0) is 21.5 Å². The fourth-order valence-corrected chi connectivity index (χ4v) is 3.80. The predicted molar refractivity (Wildman–Crippen MR) is 78.7 cm³/mol. The zero-order valence-corrected chi connectivity index (χ0v) is 12.5. The maximum atomic E-state index is 12.6. The summed E-state index contributed by atoms with van der Waals surface area (Å²) in [5.41, 5.74) is 7.20. The number of rotatable bonds is 5. The summed E-state index contributed by atoms with van der Waals surface area (Å²) in [4.78, 5) is 0. The van der Waals surface area contributed by atoms with Crippen LogP contribution in [0.1, 0.15) is 12.5 Å². The Balaban J connectivity index is 2.25. The normalized spacial score (nSPS) is 17.1. The summed E-state index contributed by atoms with van der Waals surface area (Å²) in [7, 11) is -3.49. The zero-order valence-electron chi connectivity index (χ0n) is 11.7. The summed E-state index contributed by atoms with van der Waals surface area (Å²) in [6, 6.07) is 7.30. The van der Waals surface area contributed by atoms with E-state index in [0.29, 0.717) is 45.1 Å². The molecule has 0 aliphatic carbocycles. The third-order valence-electron chi connectivity index (χ3n) is 3.32. The molecular weight excluding hydrogens is 278 g/mol. The van der Waals surface area contributed by atoms with Gasteiger partial charge in [-0.3, -0.25) is 4.31 Å². The van der Waals surface area contributed by atoms with Gasteiger partial charge in [-0.05, 0) is 24.6 Å². The Kier molecular flexibility index (Phi) is 4.98. The highest BCUT2D eigenvalue weighted by molar-refractivity contribution is 7.90. The molecule has 0 aromatic heterocycles. The molecule has 6 nitrogen and oxygen atoms in total. The zero-order chi connectivity index (χ0) is 14.6. The standard InChI is InChI=1S/C13H21N3O3S/c1-2-16(13-5-3-12(11-14)4-6-13)20(17,18)15-7-9-19-10-8-15/h3-6H,2,7-11,14H2,1H3. The number of nitrogens with two attached hydrogens (primary N) is 1. The fraction of sp³-hybridized carbons (Fsp3) is 0.538. The van der Waals surface area contributed by atoms with Crippen molar-refractivity contribution in [2.45, 2.75) is 13.5 Å². The van der Waals surface area contributed by atoms with Gasteiger partial charge >= 0.3 is 10.2 Å². The average molecular weight is 299 g/mol. The summed E-state index contributed by atoms with van der Waals surface area (Å²) in [5, 5.41) is 0. The van der Waals surface area contributed by atoms with E-state index in [9.17, 15) is 8.42 Å². The number of benzene rings is 1. The molecule has 1 saturated heterocycles. The number of nitrogens with zero attached hydrogens (tertiary/aromatic N) is 2. The number of anilines is 1. The number of ether oxygens (including phenoxy) is 1. The molecule has 1 aliphatic heterocycles. The lowest BCUT2D eigenvalue weighted by Crippen LogP contribution is -2.48. The van der Waals surface area contributed by atoms with Crippen LogP contribution in [0.2, 0.25) is 0 Å². The Bertz CT molecular complexity index is 524. The maximum Gasteiger partial charge on any atom is 0.304 e. The summed E-state index contributed by atoms with van der Waals surface area (Å²) in [5.74, 6) is 0. The van der Waals surface area contributed by atoms with Crippen LogP contribution in [0.4, 0.5) is 5.69 Å². The van der Waals surface area contributed by atoms with Gasteiger partial charge in [-0.15, -0.1) is 0 Å². The van der Waals surface area contributed by atoms with Gasteiger partial charge in [0.05, 0.1) is 18.9 Å². The Morgan fingerprint density at radius 2 is 1.85 bits per heavy atom. The Hall–Kier alpha value is -1.15. The first-order chi connectivity index (χ1) is 9.59. The van der Waals surface area contributed by atoms with Gasteiger partial charge in [0, 0.05) is 26.2 Å². The second kappa shape index (κ2) is 6.53. The van der Waals surface area contributed by atoms with Gasteiger partial charge in [-0.1, -0.05) is 12.1 Å². The van der Waals surface area contributed by atoms with Crippen LogP contribution in [0.3, 0.4) is 0 Å². The molecule has 1 fully saturated rings. The molecule has 1 aliphatic rings. The molecule has 0 spiro atoms. The van der Waals surface area contributed by atoms with Crippen LogP contribution in [0, 0.1) is 0 Å². The molecular formula is C13H21N3O3S. The van der Waals surface area contributed by atoms with E-state index >= 15 is 0 Å². The lowest BCUT2D eigenvalue weighted by molar-refractivity contribution is 0.0729. The smallest absolute Gasteiger partial charge is 0.304 e. The summed E-state index contributed by atoms with van der Waals surface area (Å²) in [6.07, 6.45) is 0. The van der Waals surface area contributed by atoms with Crippen LogP contribution in [0.15, 0.2) is 24.3 Å². The molecule has 1 aromatic carbocycles. The SMILES string of the molecule is CCN(c1ccc(CN)cc1)S(=O)(=O)N1CCOCC1. The van der Waals surface area contributed by atoms with Crippen molar-refractivity contribution in [1.82, 2.24) is 4.31 Å². The number of morpholine rings is 1. The van der Waals surface area contributed by atoms with Gasteiger partial charge in [0.25, 0.3) is 0 Å². The molecule has 112 valence electrons. The van der Waals surface area contributed by atoms with Crippen LogP contribution in [0.5, 0.6) is 0 Å². The van der Waals surface area contributed by atoms with E-state index in [2.05, 4.69) is 0 Å². The van der Waals surface area contributed by atoms with Gasteiger partial charge in [0.15, 0.2) is 0 Å². The van der Waals surface area contributed by atoms with Crippen molar-refractivity contribution in [2.75, 3.05) is 37.2 Å². The maximum absolute atomic E-state index is 12.6. The quantitative estimate of drug-likeness (QED) is 0.861. The molecule has 2 rings (SSSR count). The molecule has 0 saturated carbocycles.